The van der Waals surface area contributed by atoms with E-state index in [9.17, 15) is 9.59 Å². The lowest BCUT2D eigenvalue weighted by atomic mass is 10.1. The Hall–Kier alpha value is -3.34. The average Bonchev–Trinajstić information content (AvgIpc) is 2.66. The van der Waals surface area contributed by atoms with Gasteiger partial charge in [0.2, 0.25) is 0 Å². The second kappa shape index (κ2) is 7.49. The van der Waals surface area contributed by atoms with Gasteiger partial charge in [0, 0.05) is 5.69 Å². The molecule has 0 saturated carbocycles. The van der Waals surface area contributed by atoms with Gasteiger partial charge in [-0.05, 0) is 47.2 Å². The third kappa shape index (κ3) is 4.14. The van der Waals surface area contributed by atoms with Crippen molar-refractivity contribution in [2.24, 2.45) is 0 Å². The highest BCUT2D eigenvalue weighted by Crippen LogP contribution is 2.17. The van der Waals surface area contributed by atoms with Crippen molar-refractivity contribution in [2.45, 2.75) is 0 Å². The van der Waals surface area contributed by atoms with E-state index < -0.39 is 11.9 Å². The second-order valence-electron chi connectivity index (χ2n) is 5.41. The third-order valence-electron chi connectivity index (χ3n) is 3.69. The number of anilines is 1. The van der Waals surface area contributed by atoms with Crippen LogP contribution in [0.5, 0.6) is 5.75 Å². The summed E-state index contributed by atoms with van der Waals surface area (Å²) in [6, 6.07) is 19.9. The van der Waals surface area contributed by atoms with Crippen molar-refractivity contribution in [2.75, 3.05) is 19.0 Å². The molecular weight excluding hydrogens is 318 g/mol. The summed E-state index contributed by atoms with van der Waals surface area (Å²) in [7, 11) is 1.57. The molecule has 126 valence electrons. The van der Waals surface area contributed by atoms with Crippen LogP contribution in [-0.2, 0) is 9.53 Å². The van der Waals surface area contributed by atoms with Crippen LogP contribution in [0.15, 0.2) is 66.7 Å². The maximum atomic E-state index is 12.1. The number of carbonyl (C=O) groups is 2. The van der Waals surface area contributed by atoms with Gasteiger partial charge in [-0.15, -0.1) is 0 Å². The van der Waals surface area contributed by atoms with Crippen LogP contribution in [0.1, 0.15) is 10.4 Å². The average molecular weight is 335 g/mol. The Morgan fingerprint density at radius 2 is 1.64 bits per heavy atom. The van der Waals surface area contributed by atoms with Crippen molar-refractivity contribution in [3.63, 3.8) is 0 Å². The molecule has 0 fully saturated rings. The SMILES string of the molecule is COc1ccc(NC(=O)COC(=O)c2ccc3ccccc3c2)cc1. The fourth-order valence-electron chi connectivity index (χ4n) is 2.40. The number of hydrogen-bond donors (Lipinski definition) is 1. The van der Waals surface area contributed by atoms with E-state index in [2.05, 4.69) is 5.32 Å². The van der Waals surface area contributed by atoms with Crippen LogP contribution in [0.4, 0.5) is 5.69 Å². The molecule has 0 atom stereocenters. The van der Waals surface area contributed by atoms with Crippen molar-refractivity contribution >= 4 is 28.3 Å². The Bertz CT molecular complexity index is 903. The molecule has 25 heavy (non-hydrogen) atoms. The number of benzene rings is 3. The summed E-state index contributed by atoms with van der Waals surface area (Å²) in [5, 5.41) is 4.64. The molecular formula is C20H17NO4. The van der Waals surface area contributed by atoms with Gasteiger partial charge in [-0.1, -0.05) is 30.3 Å². The number of rotatable bonds is 5. The number of methoxy groups -OCH3 is 1. The normalized spacial score (nSPS) is 10.3. The zero-order valence-corrected chi connectivity index (χ0v) is 13.7. The van der Waals surface area contributed by atoms with Gasteiger partial charge in [0.1, 0.15) is 5.75 Å². The van der Waals surface area contributed by atoms with Crippen LogP contribution >= 0.6 is 0 Å². The molecule has 1 N–H and O–H groups in total. The first kappa shape index (κ1) is 16.5. The zero-order valence-electron chi connectivity index (χ0n) is 13.7. The Kier molecular flexibility index (Phi) is 4.95. The van der Waals surface area contributed by atoms with Gasteiger partial charge in [0.05, 0.1) is 12.7 Å². The van der Waals surface area contributed by atoms with Gasteiger partial charge in [-0.3, -0.25) is 4.79 Å². The van der Waals surface area contributed by atoms with Crippen molar-refractivity contribution in [1.82, 2.24) is 0 Å². The molecule has 5 nitrogen and oxygen atoms in total. The summed E-state index contributed by atoms with van der Waals surface area (Å²) in [4.78, 5) is 24.0. The van der Waals surface area contributed by atoms with Crippen LogP contribution in [0.2, 0.25) is 0 Å². The van der Waals surface area contributed by atoms with Gasteiger partial charge in [0.15, 0.2) is 6.61 Å². The molecule has 3 aromatic carbocycles. The summed E-state index contributed by atoms with van der Waals surface area (Å²) >= 11 is 0. The number of amides is 1. The molecule has 5 heteroatoms. The molecule has 0 unspecified atom stereocenters. The van der Waals surface area contributed by atoms with E-state index in [1.54, 1.807) is 43.5 Å². The Morgan fingerprint density at radius 1 is 0.920 bits per heavy atom. The molecule has 3 rings (SSSR count). The molecule has 3 aromatic rings. The maximum Gasteiger partial charge on any atom is 0.338 e. The smallest absolute Gasteiger partial charge is 0.338 e. The summed E-state index contributed by atoms with van der Waals surface area (Å²) < 4.78 is 10.1. The van der Waals surface area contributed by atoms with E-state index in [1.807, 2.05) is 30.3 Å². The van der Waals surface area contributed by atoms with Crippen LogP contribution in [0.25, 0.3) is 10.8 Å². The minimum Gasteiger partial charge on any atom is -0.497 e. The molecule has 0 aliphatic rings. The highest BCUT2D eigenvalue weighted by molar-refractivity contribution is 5.98. The third-order valence-corrected chi connectivity index (χ3v) is 3.69. The molecule has 0 aliphatic carbocycles. The van der Waals surface area contributed by atoms with Crippen molar-refractivity contribution in [3.8, 4) is 5.75 Å². The predicted octanol–water partition coefficient (Wildman–Crippen LogP) is 3.64. The van der Waals surface area contributed by atoms with E-state index in [0.29, 0.717) is 17.0 Å². The van der Waals surface area contributed by atoms with Crippen LogP contribution in [-0.4, -0.2) is 25.6 Å². The molecule has 0 saturated heterocycles. The lowest BCUT2D eigenvalue weighted by molar-refractivity contribution is -0.119. The minimum atomic E-state index is -0.532. The van der Waals surface area contributed by atoms with E-state index in [4.69, 9.17) is 9.47 Å². The number of ether oxygens (including phenoxy) is 2. The predicted molar refractivity (Wildman–Crippen MR) is 95.9 cm³/mol. The number of carbonyl (C=O) groups excluding carboxylic acids is 2. The number of nitrogens with one attached hydrogen (secondary N) is 1. The number of esters is 1. The molecule has 0 aliphatic heterocycles. The van der Waals surface area contributed by atoms with Gasteiger partial charge in [0.25, 0.3) is 5.91 Å². The fraction of sp³-hybridized carbons (Fsp3) is 0.100. The van der Waals surface area contributed by atoms with Crippen molar-refractivity contribution in [3.05, 3.63) is 72.3 Å². The first-order chi connectivity index (χ1) is 12.2. The van der Waals surface area contributed by atoms with Crippen LogP contribution in [0.3, 0.4) is 0 Å². The van der Waals surface area contributed by atoms with Crippen molar-refractivity contribution < 1.29 is 19.1 Å². The Labute approximate surface area is 145 Å². The lowest BCUT2D eigenvalue weighted by Crippen LogP contribution is -2.20. The highest BCUT2D eigenvalue weighted by Gasteiger charge is 2.11. The van der Waals surface area contributed by atoms with E-state index >= 15 is 0 Å². The first-order valence-corrected chi connectivity index (χ1v) is 7.75. The topological polar surface area (TPSA) is 64.6 Å². The summed E-state index contributed by atoms with van der Waals surface area (Å²) in [5.74, 6) is -0.240. The fourth-order valence-corrected chi connectivity index (χ4v) is 2.40. The van der Waals surface area contributed by atoms with Gasteiger partial charge < -0.3 is 14.8 Å². The highest BCUT2D eigenvalue weighted by atomic mass is 16.5. The largest absolute Gasteiger partial charge is 0.497 e. The second-order valence-corrected chi connectivity index (χ2v) is 5.41. The van der Waals surface area contributed by atoms with E-state index in [1.165, 1.54) is 0 Å². The van der Waals surface area contributed by atoms with E-state index in [0.717, 1.165) is 10.8 Å². The van der Waals surface area contributed by atoms with Gasteiger partial charge in [-0.25, -0.2) is 4.79 Å². The summed E-state index contributed by atoms with van der Waals surface area (Å²) in [5.41, 5.74) is 1.02. The number of hydrogen-bond acceptors (Lipinski definition) is 4. The Balaban J connectivity index is 1.57. The van der Waals surface area contributed by atoms with Crippen LogP contribution in [0, 0.1) is 0 Å². The quantitative estimate of drug-likeness (QED) is 0.723. The van der Waals surface area contributed by atoms with Crippen LogP contribution < -0.4 is 10.1 Å². The van der Waals surface area contributed by atoms with Crippen molar-refractivity contribution in [1.29, 1.82) is 0 Å². The maximum absolute atomic E-state index is 12.1. The monoisotopic (exact) mass is 335 g/mol. The zero-order chi connectivity index (χ0) is 17.6. The lowest BCUT2D eigenvalue weighted by Gasteiger charge is -2.08. The van der Waals surface area contributed by atoms with Gasteiger partial charge in [-0.2, -0.15) is 0 Å². The molecule has 0 heterocycles. The Morgan fingerprint density at radius 3 is 2.36 bits per heavy atom. The van der Waals surface area contributed by atoms with Gasteiger partial charge >= 0.3 is 5.97 Å². The standard InChI is InChI=1S/C20H17NO4/c1-24-18-10-8-17(9-11-18)21-19(22)13-25-20(23)16-7-6-14-4-2-3-5-15(14)12-16/h2-12H,13H2,1H3,(H,21,22). The number of fused-ring (bicyclic) bond motifs is 1. The summed E-state index contributed by atoms with van der Waals surface area (Å²) in [6.07, 6.45) is 0. The molecule has 0 aromatic heterocycles. The minimum absolute atomic E-state index is 0.350. The molecule has 0 bridgehead atoms. The summed E-state index contributed by atoms with van der Waals surface area (Å²) in [6.45, 7) is -0.350. The molecule has 0 radical (unpaired) electrons. The molecule has 0 spiro atoms. The van der Waals surface area contributed by atoms with E-state index in [-0.39, 0.29) is 6.61 Å². The first-order valence-electron chi connectivity index (χ1n) is 7.75. The molecule has 1 amide bonds.